The molecule has 0 atom stereocenters. The summed E-state index contributed by atoms with van der Waals surface area (Å²) >= 11 is 0. The number of rotatable bonds is 4. The molecule has 0 saturated carbocycles. The fourth-order valence-electron chi connectivity index (χ4n) is 2.16. The number of aliphatic imine (C=N–C) groups is 1. The molecule has 5 heteroatoms. The van der Waals surface area contributed by atoms with Crippen LogP contribution in [0, 0.1) is 0 Å². The summed E-state index contributed by atoms with van der Waals surface area (Å²) in [6.45, 7) is 1.35. The van der Waals surface area contributed by atoms with Crippen LogP contribution in [0.1, 0.15) is 6.42 Å². The monoisotopic (exact) mass is 254 g/mol. The lowest BCUT2D eigenvalue weighted by Crippen LogP contribution is -2.21. The zero-order valence-electron chi connectivity index (χ0n) is 10.4. The van der Waals surface area contributed by atoms with Crippen LogP contribution in [0.15, 0.2) is 41.7 Å². The molecule has 96 valence electrons. The van der Waals surface area contributed by atoms with E-state index >= 15 is 0 Å². The van der Waals surface area contributed by atoms with E-state index in [1.54, 1.807) is 4.68 Å². The number of para-hydroxylation sites is 2. The maximum Gasteiger partial charge on any atom is 0.121 e. The van der Waals surface area contributed by atoms with Crippen LogP contribution in [0.2, 0.25) is 0 Å². The van der Waals surface area contributed by atoms with Crippen molar-refractivity contribution in [3.63, 3.8) is 0 Å². The normalized spacial score (nSPS) is 13.4. The summed E-state index contributed by atoms with van der Waals surface area (Å²) in [5.74, 6) is 0. The van der Waals surface area contributed by atoms with Crippen LogP contribution >= 0.6 is 0 Å². The molecule has 0 bridgehead atoms. The first-order valence-corrected chi connectivity index (χ1v) is 6.23. The number of benzene rings is 1. The van der Waals surface area contributed by atoms with Gasteiger partial charge in [0, 0.05) is 25.4 Å². The minimum Gasteiger partial charge on any atom is -0.332 e. The maximum atomic E-state index is 10.4. The van der Waals surface area contributed by atoms with Crippen LogP contribution in [0.25, 0.3) is 0 Å². The molecule has 0 unspecified atom stereocenters. The van der Waals surface area contributed by atoms with E-state index in [2.05, 4.69) is 21.1 Å². The van der Waals surface area contributed by atoms with E-state index in [1.165, 1.54) is 0 Å². The number of carbonyl (C=O) groups excluding carboxylic acids is 1. The molecule has 1 aromatic carbocycles. The van der Waals surface area contributed by atoms with Crippen LogP contribution in [0.5, 0.6) is 0 Å². The number of anilines is 2. The molecule has 3 rings (SSSR count). The number of carbonyl (C=O) groups is 1. The maximum absolute atomic E-state index is 10.4. The van der Waals surface area contributed by atoms with Crippen molar-refractivity contribution >= 4 is 29.6 Å². The van der Waals surface area contributed by atoms with Crippen molar-refractivity contribution in [2.75, 3.05) is 11.4 Å². The molecule has 0 spiro atoms. The molecule has 2 heterocycles. The molecule has 0 radical (unpaired) electrons. The fourth-order valence-corrected chi connectivity index (χ4v) is 2.16. The van der Waals surface area contributed by atoms with E-state index in [9.17, 15) is 4.79 Å². The highest BCUT2D eigenvalue weighted by molar-refractivity contribution is 5.86. The first-order valence-electron chi connectivity index (χ1n) is 6.23. The number of nitrogens with zero attached hydrogens (tertiary/aromatic N) is 4. The van der Waals surface area contributed by atoms with Crippen molar-refractivity contribution in [2.24, 2.45) is 4.99 Å². The summed E-state index contributed by atoms with van der Waals surface area (Å²) < 4.78 is 1.79. The Morgan fingerprint density at radius 2 is 2.21 bits per heavy atom. The predicted molar refractivity (Wildman–Crippen MR) is 74.5 cm³/mol. The average Bonchev–Trinajstić information content (AvgIpc) is 2.93. The Morgan fingerprint density at radius 3 is 3.11 bits per heavy atom. The second-order valence-corrected chi connectivity index (χ2v) is 4.33. The van der Waals surface area contributed by atoms with E-state index < -0.39 is 0 Å². The van der Waals surface area contributed by atoms with Gasteiger partial charge in [0.25, 0.3) is 0 Å². The van der Waals surface area contributed by atoms with Crippen molar-refractivity contribution in [1.82, 2.24) is 9.78 Å². The summed E-state index contributed by atoms with van der Waals surface area (Å²) in [5.41, 5.74) is 3.07. The van der Waals surface area contributed by atoms with E-state index in [0.717, 1.165) is 29.9 Å². The third kappa shape index (κ3) is 2.27. The van der Waals surface area contributed by atoms with Crippen LogP contribution in [0.3, 0.4) is 0 Å². The van der Waals surface area contributed by atoms with Crippen molar-refractivity contribution in [1.29, 1.82) is 0 Å². The first-order chi connectivity index (χ1) is 9.38. The van der Waals surface area contributed by atoms with Gasteiger partial charge in [-0.3, -0.25) is 9.67 Å². The van der Waals surface area contributed by atoms with E-state index in [1.807, 2.05) is 36.8 Å². The van der Waals surface area contributed by atoms with E-state index in [-0.39, 0.29) is 0 Å². The summed E-state index contributed by atoms with van der Waals surface area (Å²) in [5, 5.41) is 4.27. The van der Waals surface area contributed by atoms with Gasteiger partial charge in [-0.05, 0) is 12.1 Å². The van der Waals surface area contributed by atoms with Crippen LogP contribution in [-0.2, 0) is 11.3 Å². The third-order valence-electron chi connectivity index (χ3n) is 3.07. The Morgan fingerprint density at radius 1 is 1.32 bits per heavy atom. The molecule has 0 saturated heterocycles. The lowest BCUT2D eigenvalue weighted by atomic mass is 10.2. The summed E-state index contributed by atoms with van der Waals surface area (Å²) in [6, 6.07) is 8.03. The van der Waals surface area contributed by atoms with Gasteiger partial charge in [0.1, 0.15) is 6.29 Å². The number of hydrogen-bond acceptors (Lipinski definition) is 4. The molecule has 1 aromatic heterocycles. The summed E-state index contributed by atoms with van der Waals surface area (Å²) in [7, 11) is 0. The Balaban J connectivity index is 1.88. The largest absolute Gasteiger partial charge is 0.332 e. The number of fused-ring (bicyclic) bond motifs is 1. The van der Waals surface area contributed by atoms with Gasteiger partial charge in [-0.1, -0.05) is 12.1 Å². The SMILES string of the molecule is O=CCCn1cc(N2CC=Nc3ccccc32)cn1. The van der Waals surface area contributed by atoms with Crippen molar-refractivity contribution in [3.05, 3.63) is 36.7 Å². The topological polar surface area (TPSA) is 50.5 Å². The predicted octanol–water partition coefficient (Wildman–Crippen LogP) is 2.33. The quantitative estimate of drug-likeness (QED) is 0.787. The summed E-state index contributed by atoms with van der Waals surface area (Å²) in [6.07, 6.45) is 7.06. The van der Waals surface area contributed by atoms with Gasteiger partial charge in [0.2, 0.25) is 0 Å². The van der Waals surface area contributed by atoms with Gasteiger partial charge in [-0.25, -0.2) is 0 Å². The Hall–Kier alpha value is -2.43. The van der Waals surface area contributed by atoms with Gasteiger partial charge in [0.05, 0.1) is 29.8 Å². The molecule has 1 aliphatic rings. The highest BCUT2D eigenvalue weighted by atomic mass is 16.1. The zero-order chi connectivity index (χ0) is 13.1. The minimum absolute atomic E-state index is 0.485. The average molecular weight is 254 g/mol. The lowest BCUT2D eigenvalue weighted by Gasteiger charge is -2.25. The second kappa shape index (κ2) is 5.06. The van der Waals surface area contributed by atoms with E-state index in [0.29, 0.717) is 13.0 Å². The molecule has 0 aliphatic carbocycles. The van der Waals surface area contributed by atoms with Gasteiger partial charge in [-0.2, -0.15) is 5.10 Å². The van der Waals surface area contributed by atoms with Crippen LogP contribution in [-0.4, -0.2) is 28.8 Å². The zero-order valence-corrected chi connectivity index (χ0v) is 10.4. The second-order valence-electron chi connectivity index (χ2n) is 4.33. The number of aldehydes is 1. The molecular weight excluding hydrogens is 240 g/mol. The van der Waals surface area contributed by atoms with Gasteiger partial charge >= 0.3 is 0 Å². The molecule has 1 aliphatic heterocycles. The van der Waals surface area contributed by atoms with Gasteiger partial charge < -0.3 is 9.69 Å². The third-order valence-corrected chi connectivity index (χ3v) is 3.07. The lowest BCUT2D eigenvalue weighted by molar-refractivity contribution is -0.108. The fraction of sp³-hybridized carbons (Fsp3) is 0.214. The number of aromatic nitrogens is 2. The van der Waals surface area contributed by atoms with Crippen molar-refractivity contribution in [2.45, 2.75) is 13.0 Å². The van der Waals surface area contributed by atoms with Crippen molar-refractivity contribution in [3.8, 4) is 0 Å². The summed E-state index contributed by atoms with van der Waals surface area (Å²) in [4.78, 5) is 16.9. The van der Waals surface area contributed by atoms with E-state index in [4.69, 9.17) is 0 Å². The highest BCUT2D eigenvalue weighted by Crippen LogP contribution is 2.35. The molecule has 19 heavy (non-hydrogen) atoms. The molecular formula is C14H14N4O. The first kappa shape index (κ1) is 11.6. The van der Waals surface area contributed by atoms with Gasteiger partial charge in [0.15, 0.2) is 0 Å². The van der Waals surface area contributed by atoms with Crippen LogP contribution < -0.4 is 4.90 Å². The molecule has 5 nitrogen and oxygen atoms in total. The van der Waals surface area contributed by atoms with Crippen molar-refractivity contribution < 1.29 is 4.79 Å². The molecule has 2 aromatic rings. The highest BCUT2D eigenvalue weighted by Gasteiger charge is 2.16. The van der Waals surface area contributed by atoms with Gasteiger partial charge in [-0.15, -0.1) is 0 Å². The smallest absolute Gasteiger partial charge is 0.121 e. The standard InChI is InChI=1S/C14H14N4O/c19-9-3-7-17-11-12(10-16-17)18-8-6-15-13-4-1-2-5-14(13)18/h1-2,4-6,9-11H,3,7-8H2. The Kier molecular flexibility index (Phi) is 3.10. The Bertz CT molecular complexity index is 617. The molecule has 0 amide bonds. The molecule has 0 N–H and O–H groups in total. The molecule has 0 fully saturated rings. The minimum atomic E-state index is 0.485. The number of hydrogen-bond donors (Lipinski definition) is 0. The Labute approximate surface area is 111 Å². The van der Waals surface area contributed by atoms with Crippen LogP contribution in [0.4, 0.5) is 17.1 Å². The number of aryl methyl sites for hydroxylation is 1.